The second-order valence-corrected chi connectivity index (χ2v) is 4.20. The van der Waals surface area contributed by atoms with E-state index in [0.29, 0.717) is 5.88 Å². The van der Waals surface area contributed by atoms with Crippen LogP contribution in [-0.4, -0.2) is 21.9 Å². The van der Waals surface area contributed by atoms with E-state index in [1.54, 1.807) is 13.3 Å². The van der Waals surface area contributed by atoms with Gasteiger partial charge in [-0.15, -0.1) is 0 Å². The molecule has 0 amide bonds. The fraction of sp³-hybridized carbons (Fsp3) is 0.200. The SMILES string of the molecule is COc1cc(-n2ccc(I)n2)c(C)cn1. The van der Waals surface area contributed by atoms with Gasteiger partial charge < -0.3 is 4.74 Å². The predicted octanol–water partition coefficient (Wildman–Crippen LogP) is 2.19. The van der Waals surface area contributed by atoms with Gasteiger partial charge in [0.25, 0.3) is 0 Å². The van der Waals surface area contributed by atoms with E-state index < -0.39 is 0 Å². The van der Waals surface area contributed by atoms with Gasteiger partial charge in [0.1, 0.15) is 3.70 Å². The van der Waals surface area contributed by atoms with Crippen molar-refractivity contribution < 1.29 is 4.74 Å². The molecule has 0 unspecified atom stereocenters. The zero-order chi connectivity index (χ0) is 10.8. The van der Waals surface area contributed by atoms with Crippen LogP contribution in [0.2, 0.25) is 0 Å². The maximum absolute atomic E-state index is 5.08. The minimum absolute atomic E-state index is 0.598. The summed E-state index contributed by atoms with van der Waals surface area (Å²) in [6, 6.07) is 3.82. The maximum atomic E-state index is 5.08. The summed E-state index contributed by atoms with van der Waals surface area (Å²) in [4.78, 5) is 4.12. The lowest BCUT2D eigenvalue weighted by Crippen LogP contribution is -2.00. The summed E-state index contributed by atoms with van der Waals surface area (Å²) in [5.74, 6) is 0.598. The van der Waals surface area contributed by atoms with E-state index in [9.17, 15) is 0 Å². The number of aryl methyl sites for hydroxylation is 1. The van der Waals surface area contributed by atoms with Crippen molar-refractivity contribution in [3.8, 4) is 11.6 Å². The topological polar surface area (TPSA) is 39.9 Å². The van der Waals surface area contributed by atoms with Crippen LogP contribution < -0.4 is 4.74 Å². The van der Waals surface area contributed by atoms with Crippen molar-refractivity contribution in [2.45, 2.75) is 6.92 Å². The molecule has 0 saturated carbocycles. The summed E-state index contributed by atoms with van der Waals surface area (Å²) in [6.45, 7) is 2.00. The fourth-order valence-electron chi connectivity index (χ4n) is 1.29. The third kappa shape index (κ3) is 2.11. The Kier molecular flexibility index (Phi) is 2.90. The first-order valence-corrected chi connectivity index (χ1v) is 5.51. The minimum Gasteiger partial charge on any atom is -0.481 e. The maximum Gasteiger partial charge on any atom is 0.215 e. The van der Waals surface area contributed by atoms with Gasteiger partial charge in [-0.3, -0.25) is 0 Å². The normalized spacial score (nSPS) is 10.3. The molecule has 2 aromatic rings. The number of rotatable bonds is 2. The quantitative estimate of drug-likeness (QED) is 0.798. The lowest BCUT2D eigenvalue weighted by molar-refractivity contribution is 0.397. The molecular formula is C10H10IN3O. The zero-order valence-corrected chi connectivity index (χ0v) is 10.6. The first-order valence-electron chi connectivity index (χ1n) is 4.43. The summed E-state index contributed by atoms with van der Waals surface area (Å²) >= 11 is 2.18. The highest BCUT2D eigenvalue weighted by atomic mass is 127. The van der Waals surface area contributed by atoms with Crippen molar-refractivity contribution in [3.05, 3.63) is 33.8 Å². The van der Waals surface area contributed by atoms with E-state index in [2.05, 4.69) is 32.7 Å². The van der Waals surface area contributed by atoms with E-state index in [-0.39, 0.29) is 0 Å². The van der Waals surface area contributed by atoms with Crippen LogP contribution in [0.25, 0.3) is 5.69 Å². The van der Waals surface area contributed by atoms with Crippen molar-refractivity contribution >= 4 is 22.6 Å². The van der Waals surface area contributed by atoms with Gasteiger partial charge in [0.05, 0.1) is 12.8 Å². The molecule has 0 saturated heterocycles. The van der Waals surface area contributed by atoms with Crippen molar-refractivity contribution in [3.63, 3.8) is 0 Å². The van der Waals surface area contributed by atoms with E-state index >= 15 is 0 Å². The van der Waals surface area contributed by atoms with Crippen LogP contribution in [0.1, 0.15) is 5.56 Å². The Morgan fingerprint density at radius 1 is 1.47 bits per heavy atom. The minimum atomic E-state index is 0.598. The molecule has 0 aliphatic carbocycles. The monoisotopic (exact) mass is 315 g/mol. The Bertz CT molecular complexity index is 481. The highest BCUT2D eigenvalue weighted by molar-refractivity contribution is 14.1. The number of nitrogens with zero attached hydrogens (tertiary/aromatic N) is 3. The Morgan fingerprint density at radius 3 is 2.87 bits per heavy atom. The Hall–Kier alpha value is -1.11. The van der Waals surface area contributed by atoms with Crippen LogP contribution in [-0.2, 0) is 0 Å². The fourth-order valence-corrected chi connectivity index (χ4v) is 1.68. The standard InChI is InChI=1S/C10H10IN3O/c1-7-6-12-10(15-2)5-8(7)14-4-3-9(11)13-14/h3-6H,1-2H3. The molecular weight excluding hydrogens is 305 g/mol. The summed E-state index contributed by atoms with van der Waals surface area (Å²) < 4.78 is 7.87. The van der Waals surface area contributed by atoms with Crippen molar-refractivity contribution in [2.24, 2.45) is 0 Å². The molecule has 2 rings (SSSR count). The van der Waals surface area contributed by atoms with Gasteiger partial charge in [-0.25, -0.2) is 9.67 Å². The third-order valence-corrected chi connectivity index (χ3v) is 2.64. The molecule has 5 heteroatoms. The van der Waals surface area contributed by atoms with Crippen molar-refractivity contribution in [1.29, 1.82) is 0 Å². The van der Waals surface area contributed by atoms with Gasteiger partial charge in [0.2, 0.25) is 5.88 Å². The molecule has 0 N–H and O–H groups in total. The van der Waals surface area contributed by atoms with E-state index in [0.717, 1.165) is 15.0 Å². The van der Waals surface area contributed by atoms with Crippen molar-refractivity contribution in [1.82, 2.24) is 14.8 Å². The highest BCUT2D eigenvalue weighted by Gasteiger charge is 2.05. The largest absolute Gasteiger partial charge is 0.481 e. The number of aromatic nitrogens is 3. The van der Waals surface area contributed by atoms with Gasteiger partial charge in [0.15, 0.2) is 0 Å². The van der Waals surface area contributed by atoms with Gasteiger partial charge in [-0.05, 0) is 41.1 Å². The molecule has 0 aromatic carbocycles. The molecule has 0 fully saturated rings. The Morgan fingerprint density at radius 2 is 2.27 bits per heavy atom. The summed E-state index contributed by atoms with van der Waals surface area (Å²) in [7, 11) is 1.61. The second kappa shape index (κ2) is 4.18. The highest BCUT2D eigenvalue weighted by Crippen LogP contribution is 2.17. The summed E-state index contributed by atoms with van der Waals surface area (Å²) in [5, 5.41) is 4.34. The number of ether oxygens (including phenoxy) is 1. The number of pyridine rings is 1. The lowest BCUT2D eigenvalue weighted by Gasteiger charge is -2.06. The second-order valence-electron chi connectivity index (χ2n) is 3.10. The first-order chi connectivity index (χ1) is 7.20. The van der Waals surface area contributed by atoms with Crippen LogP contribution in [0.15, 0.2) is 24.5 Å². The van der Waals surface area contributed by atoms with E-state index in [4.69, 9.17) is 4.74 Å². The molecule has 4 nitrogen and oxygen atoms in total. The average molecular weight is 315 g/mol. The number of hydrogen-bond donors (Lipinski definition) is 0. The molecule has 2 heterocycles. The van der Waals surface area contributed by atoms with Gasteiger partial charge in [-0.2, -0.15) is 5.10 Å². The lowest BCUT2D eigenvalue weighted by atomic mass is 10.2. The van der Waals surface area contributed by atoms with E-state index in [1.165, 1.54) is 0 Å². The molecule has 2 aromatic heterocycles. The van der Waals surface area contributed by atoms with Crippen LogP contribution in [0.5, 0.6) is 5.88 Å². The molecule has 0 spiro atoms. The van der Waals surface area contributed by atoms with Gasteiger partial charge in [0, 0.05) is 18.5 Å². The summed E-state index contributed by atoms with van der Waals surface area (Å²) in [6.07, 6.45) is 3.70. The van der Waals surface area contributed by atoms with E-state index in [1.807, 2.05) is 29.9 Å². The average Bonchev–Trinajstić information content (AvgIpc) is 2.65. The Labute approximate surface area is 101 Å². The molecule has 0 atom stereocenters. The molecule has 78 valence electrons. The third-order valence-electron chi connectivity index (χ3n) is 2.06. The van der Waals surface area contributed by atoms with Crippen LogP contribution in [0, 0.1) is 10.6 Å². The molecule has 15 heavy (non-hydrogen) atoms. The smallest absolute Gasteiger partial charge is 0.215 e. The number of methoxy groups -OCH3 is 1. The molecule has 0 bridgehead atoms. The molecule has 0 aliphatic rings. The molecule has 0 aliphatic heterocycles. The zero-order valence-electron chi connectivity index (χ0n) is 8.44. The van der Waals surface area contributed by atoms with Crippen molar-refractivity contribution in [2.75, 3.05) is 7.11 Å². The molecule has 0 radical (unpaired) electrons. The van der Waals surface area contributed by atoms with Gasteiger partial charge in [-0.1, -0.05) is 0 Å². The number of hydrogen-bond acceptors (Lipinski definition) is 3. The van der Waals surface area contributed by atoms with Crippen LogP contribution in [0.3, 0.4) is 0 Å². The number of halogens is 1. The van der Waals surface area contributed by atoms with Crippen LogP contribution >= 0.6 is 22.6 Å². The Balaban J connectivity index is 2.51. The van der Waals surface area contributed by atoms with Gasteiger partial charge >= 0.3 is 0 Å². The summed E-state index contributed by atoms with van der Waals surface area (Å²) in [5.41, 5.74) is 2.06. The van der Waals surface area contributed by atoms with Crippen LogP contribution in [0.4, 0.5) is 0 Å². The predicted molar refractivity (Wildman–Crippen MR) is 65.4 cm³/mol. The first kappa shape index (κ1) is 10.4.